The first-order valence-corrected chi connectivity index (χ1v) is 6.75. The van der Waals surface area contributed by atoms with Crippen molar-refractivity contribution in [2.45, 2.75) is 19.8 Å². The van der Waals surface area contributed by atoms with Crippen molar-refractivity contribution < 1.29 is 14.7 Å². The lowest BCUT2D eigenvalue weighted by Crippen LogP contribution is -2.42. The van der Waals surface area contributed by atoms with Crippen LogP contribution < -0.4 is 5.32 Å². The molecule has 2 N–H and O–H groups in total. The molecule has 1 saturated heterocycles. The van der Waals surface area contributed by atoms with Crippen LogP contribution in [0.4, 0.5) is 10.5 Å². The van der Waals surface area contributed by atoms with E-state index in [2.05, 4.69) is 10.3 Å². The van der Waals surface area contributed by atoms with Gasteiger partial charge in [0, 0.05) is 19.3 Å². The van der Waals surface area contributed by atoms with E-state index in [0.717, 1.165) is 5.56 Å². The first-order chi connectivity index (χ1) is 9.49. The summed E-state index contributed by atoms with van der Waals surface area (Å²) < 4.78 is 0. The van der Waals surface area contributed by atoms with Crippen molar-refractivity contribution in [2.24, 2.45) is 5.92 Å². The van der Waals surface area contributed by atoms with Gasteiger partial charge in [0.1, 0.15) is 0 Å². The van der Waals surface area contributed by atoms with Crippen molar-refractivity contribution in [3.8, 4) is 0 Å². The average Bonchev–Trinajstić information content (AvgIpc) is 2.44. The van der Waals surface area contributed by atoms with Gasteiger partial charge in [0.05, 0.1) is 22.8 Å². The number of rotatable bonds is 2. The number of piperidine rings is 1. The van der Waals surface area contributed by atoms with Crippen LogP contribution in [-0.4, -0.2) is 40.1 Å². The predicted molar refractivity (Wildman–Crippen MR) is 74.9 cm³/mol. The Morgan fingerprint density at radius 2 is 2.05 bits per heavy atom. The number of amides is 2. The van der Waals surface area contributed by atoms with Gasteiger partial charge in [0.2, 0.25) is 0 Å². The van der Waals surface area contributed by atoms with Crippen LogP contribution in [0.5, 0.6) is 0 Å². The molecular weight excluding hydrogens is 282 g/mol. The molecule has 2 rings (SSSR count). The SMILES string of the molecule is Cc1c(Cl)cncc1NC(=O)N1CCC(C(=O)O)CC1. The van der Waals surface area contributed by atoms with Crippen molar-refractivity contribution in [1.82, 2.24) is 9.88 Å². The van der Waals surface area contributed by atoms with Gasteiger partial charge in [-0.25, -0.2) is 4.79 Å². The lowest BCUT2D eigenvalue weighted by Gasteiger charge is -2.30. The number of carboxylic acids is 1. The Kier molecular flexibility index (Phi) is 4.44. The molecule has 2 amide bonds. The average molecular weight is 298 g/mol. The number of nitrogens with zero attached hydrogens (tertiary/aromatic N) is 2. The van der Waals surface area contributed by atoms with Crippen molar-refractivity contribution in [3.05, 3.63) is 23.0 Å². The number of pyridine rings is 1. The molecule has 108 valence electrons. The van der Waals surface area contributed by atoms with E-state index < -0.39 is 5.97 Å². The first kappa shape index (κ1) is 14.6. The summed E-state index contributed by atoms with van der Waals surface area (Å²) in [4.78, 5) is 28.5. The van der Waals surface area contributed by atoms with E-state index in [4.69, 9.17) is 16.7 Å². The van der Waals surface area contributed by atoms with E-state index in [1.807, 2.05) is 0 Å². The molecule has 1 aliphatic heterocycles. The number of carbonyl (C=O) groups is 2. The van der Waals surface area contributed by atoms with Crippen LogP contribution in [0.2, 0.25) is 5.02 Å². The van der Waals surface area contributed by atoms with E-state index in [1.165, 1.54) is 6.20 Å². The topological polar surface area (TPSA) is 82.5 Å². The van der Waals surface area contributed by atoms with E-state index >= 15 is 0 Å². The van der Waals surface area contributed by atoms with Gasteiger partial charge < -0.3 is 15.3 Å². The maximum Gasteiger partial charge on any atom is 0.321 e. The van der Waals surface area contributed by atoms with Crippen molar-refractivity contribution in [1.29, 1.82) is 0 Å². The molecule has 7 heteroatoms. The highest BCUT2D eigenvalue weighted by Crippen LogP contribution is 2.23. The number of carboxylic acid groups (broad SMARTS) is 1. The lowest BCUT2D eigenvalue weighted by molar-refractivity contribution is -0.143. The second-order valence-electron chi connectivity index (χ2n) is 4.82. The molecule has 2 heterocycles. The minimum Gasteiger partial charge on any atom is -0.481 e. The molecule has 1 aromatic heterocycles. The largest absolute Gasteiger partial charge is 0.481 e. The number of aromatic nitrogens is 1. The summed E-state index contributed by atoms with van der Waals surface area (Å²) in [6.07, 6.45) is 4.03. The number of nitrogens with one attached hydrogen (secondary N) is 1. The normalized spacial score (nSPS) is 16.0. The maximum absolute atomic E-state index is 12.1. The van der Waals surface area contributed by atoms with Gasteiger partial charge in [-0.05, 0) is 25.3 Å². The molecule has 0 spiro atoms. The Morgan fingerprint density at radius 3 is 2.65 bits per heavy atom. The molecule has 20 heavy (non-hydrogen) atoms. The third-order valence-electron chi connectivity index (χ3n) is 3.53. The van der Waals surface area contributed by atoms with Crippen molar-refractivity contribution in [2.75, 3.05) is 18.4 Å². The summed E-state index contributed by atoms with van der Waals surface area (Å²) >= 11 is 5.94. The molecule has 0 unspecified atom stereocenters. The molecule has 1 fully saturated rings. The molecular formula is C13H16ClN3O3. The second kappa shape index (κ2) is 6.09. The van der Waals surface area contributed by atoms with Crippen LogP contribution >= 0.6 is 11.6 Å². The standard InChI is InChI=1S/C13H16ClN3O3/c1-8-10(14)6-15-7-11(8)16-13(20)17-4-2-9(3-5-17)12(18)19/h6-7,9H,2-5H2,1H3,(H,16,20)(H,18,19). The zero-order valence-electron chi connectivity index (χ0n) is 11.1. The van der Waals surface area contributed by atoms with Crippen LogP contribution in [0.25, 0.3) is 0 Å². The maximum atomic E-state index is 12.1. The lowest BCUT2D eigenvalue weighted by atomic mass is 9.97. The van der Waals surface area contributed by atoms with Gasteiger partial charge in [-0.3, -0.25) is 9.78 Å². The number of likely N-dealkylation sites (tertiary alicyclic amines) is 1. The number of carbonyl (C=O) groups excluding carboxylic acids is 1. The summed E-state index contributed by atoms with van der Waals surface area (Å²) in [7, 11) is 0. The van der Waals surface area contributed by atoms with Gasteiger partial charge in [0.15, 0.2) is 0 Å². The minimum atomic E-state index is -0.792. The van der Waals surface area contributed by atoms with E-state index in [1.54, 1.807) is 18.0 Å². The summed E-state index contributed by atoms with van der Waals surface area (Å²) in [5, 5.41) is 12.2. The first-order valence-electron chi connectivity index (χ1n) is 6.38. The van der Waals surface area contributed by atoms with Crippen molar-refractivity contribution in [3.63, 3.8) is 0 Å². The Balaban J connectivity index is 1.96. The molecule has 0 radical (unpaired) electrons. The van der Waals surface area contributed by atoms with Gasteiger partial charge >= 0.3 is 12.0 Å². The summed E-state index contributed by atoms with van der Waals surface area (Å²) in [5.41, 5.74) is 1.33. The van der Waals surface area contributed by atoms with Crippen LogP contribution in [0.3, 0.4) is 0 Å². The third kappa shape index (κ3) is 3.19. The molecule has 1 aromatic rings. The predicted octanol–water partition coefficient (Wildman–Crippen LogP) is 2.37. The second-order valence-corrected chi connectivity index (χ2v) is 5.23. The minimum absolute atomic E-state index is 0.249. The zero-order valence-corrected chi connectivity index (χ0v) is 11.9. The van der Waals surface area contributed by atoms with Crippen LogP contribution in [0.1, 0.15) is 18.4 Å². The van der Waals surface area contributed by atoms with Crippen LogP contribution in [0, 0.1) is 12.8 Å². The van der Waals surface area contributed by atoms with Crippen molar-refractivity contribution >= 4 is 29.3 Å². The van der Waals surface area contributed by atoms with Gasteiger partial charge in [-0.15, -0.1) is 0 Å². The monoisotopic (exact) mass is 297 g/mol. The molecule has 0 aliphatic carbocycles. The third-order valence-corrected chi connectivity index (χ3v) is 3.91. The number of anilines is 1. The Hall–Kier alpha value is -1.82. The van der Waals surface area contributed by atoms with E-state index in [9.17, 15) is 9.59 Å². The van der Waals surface area contributed by atoms with Crippen LogP contribution in [0.15, 0.2) is 12.4 Å². The summed E-state index contributed by atoms with van der Waals surface area (Å²) in [6, 6.07) is -0.249. The molecule has 0 atom stereocenters. The van der Waals surface area contributed by atoms with Gasteiger partial charge in [-0.2, -0.15) is 0 Å². The highest BCUT2D eigenvalue weighted by molar-refractivity contribution is 6.31. The fraction of sp³-hybridized carbons (Fsp3) is 0.462. The number of hydrogen-bond acceptors (Lipinski definition) is 3. The Bertz CT molecular complexity index is 528. The number of halogens is 1. The molecule has 6 nitrogen and oxygen atoms in total. The Labute approximate surface area is 121 Å². The smallest absolute Gasteiger partial charge is 0.321 e. The highest BCUT2D eigenvalue weighted by atomic mass is 35.5. The Morgan fingerprint density at radius 1 is 1.40 bits per heavy atom. The van der Waals surface area contributed by atoms with E-state index in [0.29, 0.717) is 36.6 Å². The van der Waals surface area contributed by atoms with Crippen LogP contribution in [-0.2, 0) is 4.79 Å². The molecule has 1 aliphatic rings. The number of urea groups is 1. The fourth-order valence-corrected chi connectivity index (χ4v) is 2.31. The van der Waals surface area contributed by atoms with Gasteiger partial charge in [-0.1, -0.05) is 11.6 Å². The highest BCUT2D eigenvalue weighted by Gasteiger charge is 2.27. The summed E-state index contributed by atoms with van der Waals surface area (Å²) in [6.45, 7) is 2.68. The molecule has 0 aromatic carbocycles. The quantitative estimate of drug-likeness (QED) is 0.878. The number of hydrogen-bond donors (Lipinski definition) is 2. The molecule has 0 saturated carbocycles. The van der Waals surface area contributed by atoms with E-state index in [-0.39, 0.29) is 11.9 Å². The zero-order chi connectivity index (χ0) is 14.7. The summed E-state index contributed by atoms with van der Waals surface area (Å²) in [5.74, 6) is -1.14. The fourth-order valence-electron chi connectivity index (χ4n) is 2.15. The molecule has 0 bridgehead atoms. The van der Waals surface area contributed by atoms with Gasteiger partial charge in [0.25, 0.3) is 0 Å². The number of aliphatic carboxylic acids is 1.